The SMILES string of the molecule is CC(C)c1cccc(C(C)C)c1-n1c(-c2ccccc2O)nc2c(-c3cccc(-c4ccc5ccccc5c4)n3)cccc21. The van der Waals surface area contributed by atoms with Crippen LogP contribution in [-0.2, 0) is 0 Å². The maximum absolute atomic E-state index is 11.1. The Morgan fingerprint density at radius 2 is 1.20 bits per heavy atom. The van der Waals surface area contributed by atoms with Gasteiger partial charge in [-0.05, 0) is 70.1 Å². The van der Waals surface area contributed by atoms with Crippen LogP contribution < -0.4 is 0 Å². The first-order chi connectivity index (χ1) is 21.4. The van der Waals surface area contributed by atoms with Crippen molar-refractivity contribution in [3.63, 3.8) is 0 Å². The summed E-state index contributed by atoms with van der Waals surface area (Å²) in [4.78, 5) is 10.5. The van der Waals surface area contributed by atoms with Crippen LogP contribution in [0.3, 0.4) is 0 Å². The Kier molecular flexibility index (Phi) is 6.98. The van der Waals surface area contributed by atoms with Crippen molar-refractivity contribution < 1.29 is 5.11 Å². The summed E-state index contributed by atoms with van der Waals surface area (Å²) < 4.78 is 2.26. The number of imidazole rings is 1. The van der Waals surface area contributed by atoms with Crippen LogP contribution >= 0.6 is 0 Å². The molecule has 7 rings (SSSR count). The van der Waals surface area contributed by atoms with E-state index in [0.717, 1.165) is 39.2 Å². The maximum atomic E-state index is 11.1. The molecule has 0 aliphatic carbocycles. The van der Waals surface area contributed by atoms with Crippen molar-refractivity contribution in [1.82, 2.24) is 14.5 Å². The van der Waals surface area contributed by atoms with Gasteiger partial charge in [0.1, 0.15) is 11.6 Å². The lowest BCUT2D eigenvalue weighted by molar-refractivity contribution is 0.477. The molecular formula is C40H35N3O. The highest BCUT2D eigenvalue weighted by molar-refractivity contribution is 5.96. The summed E-state index contributed by atoms with van der Waals surface area (Å²) in [5, 5.41) is 13.5. The number of benzene rings is 5. The average molecular weight is 574 g/mol. The Bertz CT molecular complexity index is 2130. The van der Waals surface area contributed by atoms with Gasteiger partial charge < -0.3 is 5.11 Å². The summed E-state index contributed by atoms with van der Waals surface area (Å²) in [6.45, 7) is 8.93. The summed E-state index contributed by atoms with van der Waals surface area (Å²) in [7, 11) is 0. The van der Waals surface area contributed by atoms with Gasteiger partial charge in [-0.2, -0.15) is 0 Å². The normalized spacial score (nSPS) is 11.7. The highest BCUT2D eigenvalue weighted by atomic mass is 16.3. The first-order valence-electron chi connectivity index (χ1n) is 15.3. The fourth-order valence-electron chi connectivity index (χ4n) is 6.24. The van der Waals surface area contributed by atoms with Crippen molar-refractivity contribution in [2.75, 3.05) is 0 Å². The van der Waals surface area contributed by atoms with Gasteiger partial charge in [-0.25, -0.2) is 9.97 Å². The van der Waals surface area contributed by atoms with Crippen molar-refractivity contribution in [3.8, 4) is 45.3 Å². The fraction of sp³-hybridized carbons (Fsp3) is 0.150. The molecule has 5 aromatic carbocycles. The van der Waals surface area contributed by atoms with Crippen LogP contribution in [0.5, 0.6) is 5.75 Å². The second-order valence-electron chi connectivity index (χ2n) is 12.0. The third kappa shape index (κ3) is 4.73. The number of hydrogen-bond acceptors (Lipinski definition) is 3. The summed E-state index contributed by atoms with van der Waals surface area (Å²) in [6.07, 6.45) is 0. The molecule has 0 amide bonds. The fourth-order valence-corrected chi connectivity index (χ4v) is 6.24. The molecule has 44 heavy (non-hydrogen) atoms. The monoisotopic (exact) mass is 573 g/mol. The first kappa shape index (κ1) is 27.6. The van der Waals surface area contributed by atoms with E-state index in [1.165, 1.54) is 21.9 Å². The topological polar surface area (TPSA) is 50.9 Å². The molecule has 0 aliphatic heterocycles. The molecule has 0 fully saturated rings. The summed E-state index contributed by atoms with van der Waals surface area (Å²) in [6, 6.07) is 41.4. The van der Waals surface area contributed by atoms with Crippen molar-refractivity contribution in [3.05, 3.63) is 132 Å². The van der Waals surface area contributed by atoms with Crippen molar-refractivity contribution in [1.29, 1.82) is 0 Å². The van der Waals surface area contributed by atoms with E-state index < -0.39 is 0 Å². The Hall–Kier alpha value is -5.22. The molecule has 0 spiro atoms. The van der Waals surface area contributed by atoms with Crippen LogP contribution in [0.2, 0.25) is 0 Å². The number of pyridine rings is 1. The molecule has 0 bridgehead atoms. The number of phenols is 1. The van der Waals surface area contributed by atoms with E-state index in [1.54, 1.807) is 6.07 Å². The lowest BCUT2D eigenvalue weighted by atomic mass is 9.92. The zero-order valence-corrected chi connectivity index (χ0v) is 25.5. The standard InChI is InChI=1S/C40H35N3O/c1-25(2)30-15-9-16-31(26(3)4)39(30)43-36-20-10-17-32(38(36)42-40(43)33-14-7-8-21-37(33)44)35-19-11-18-34(41-35)29-23-22-27-12-5-6-13-28(27)24-29/h5-26,44H,1-4H3. The molecule has 7 aromatic rings. The Balaban J connectivity index is 1.50. The smallest absolute Gasteiger partial charge is 0.149 e. The molecule has 0 unspecified atom stereocenters. The molecule has 0 aliphatic rings. The first-order valence-corrected chi connectivity index (χ1v) is 15.3. The maximum Gasteiger partial charge on any atom is 0.149 e. The quantitative estimate of drug-likeness (QED) is 0.215. The predicted octanol–water partition coefficient (Wildman–Crippen LogP) is 10.5. The minimum atomic E-state index is 0.204. The van der Waals surface area contributed by atoms with Gasteiger partial charge in [-0.3, -0.25) is 4.57 Å². The predicted molar refractivity (Wildman–Crippen MR) is 183 cm³/mol. The Morgan fingerprint density at radius 3 is 1.95 bits per heavy atom. The summed E-state index contributed by atoms with van der Waals surface area (Å²) in [5.41, 5.74) is 9.95. The number of fused-ring (bicyclic) bond motifs is 2. The van der Waals surface area contributed by atoms with Crippen molar-refractivity contribution in [2.24, 2.45) is 0 Å². The van der Waals surface area contributed by atoms with Gasteiger partial charge in [0.05, 0.1) is 33.7 Å². The molecule has 4 nitrogen and oxygen atoms in total. The van der Waals surface area contributed by atoms with Gasteiger partial charge in [-0.15, -0.1) is 0 Å². The van der Waals surface area contributed by atoms with E-state index in [2.05, 4.69) is 129 Å². The molecule has 4 heteroatoms. The average Bonchev–Trinajstić information content (AvgIpc) is 3.43. The molecule has 2 aromatic heterocycles. The number of hydrogen-bond donors (Lipinski definition) is 1. The third-order valence-electron chi connectivity index (χ3n) is 8.47. The van der Waals surface area contributed by atoms with E-state index in [-0.39, 0.29) is 5.75 Å². The zero-order chi connectivity index (χ0) is 30.4. The van der Waals surface area contributed by atoms with Crippen LogP contribution in [0.25, 0.3) is 61.4 Å². The van der Waals surface area contributed by atoms with Crippen molar-refractivity contribution in [2.45, 2.75) is 39.5 Å². The Labute approximate surface area is 258 Å². The summed E-state index contributed by atoms with van der Waals surface area (Å²) >= 11 is 0. The van der Waals surface area contributed by atoms with Crippen LogP contribution in [0.4, 0.5) is 0 Å². The van der Waals surface area contributed by atoms with E-state index in [1.807, 2.05) is 18.2 Å². The van der Waals surface area contributed by atoms with E-state index in [9.17, 15) is 5.11 Å². The highest BCUT2D eigenvalue weighted by Gasteiger charge is 2.24. The van der Waals surface area contributed by atoms with Crippen LogP contribution in [0.1, 0.15) is 50.7 Å². The number of aromatic nitrogens is 3. The van der Waals surface area contributed by atoms with Gasteiger partial charge in [0, 0.05) is 11.1 Å². The lowest BCUT2D eigenvalue weighted by Crippen LogP contribution is -2.08. The second kappa shape index (κ2) is 11.1. The van der Waals surface area contributed by atoms with Crippen LogP contribution in [-0.4, -0.2) is 19.6 Å². The minimum absolute atomic E-state index is 0.204. The molecule has 0 atom stereocenters. The minimum Gasteiger partial charge on any atom is -0.507 e. The number of rotatable bonds is 6. The molecule has 0 saturated carbocycles. The summed E-state index contributed by atoms with van der Waals surface area (Å²) in [5.74, 6) is 1.50. The van der Waals surface area contributed by atoms with Crippen LogP contribution in [0, 0.1) is 0 Å². The van der Waals surface area contributed by atoms with E-state index in [0.29, 0.717) is 23.2 Å². The number of para-hydroxylation sites is 3. The lowest BCUT2D eigenvalue weighted by Gasteiger charge is -2.22. The van der Waals surface area contributed by atoms with Crippen molar-refractivity contribution >= 4 is 21.8 Å². The van der Waals surface area contributed by atoms with Gasteiger partial charge in [0.25, 0.3) is 0 Å². The number of nitrogens with zero attached hydrogens (tertiary/aromatic N) is 3. The third-order valence-corrected chi connectivity index (χ3v) is 8.47. The van der Waals surface area contributed by atoms with Gasteiger partial charge in [-0.1, -0.05) is 113 Å². The second-order valence-corrected chi connectivity index (χ2v) is 12.0. The van der Waals surface area contributed by atoms with Gasteiger partial charge in [0.2, 0.25) is 0 Å². The highest BCUT2D eigenvalue weighted by Crippen LogP contribution is 2.41. The van der Waals surface area contributed by atoms with Gasteiger partial charge in [0.15, 0.2) is 0 Å². The molecule has 0 saturated heterocycles. The largest absolute Gasteiger partial charge is 0.507 e. The molecular weight excluding hydrogens is 538 g/mol. The molecule has 216 valence electrons. The van der Waals surface area contributed by atoms with Crippen LogP contribution in [0.15, 0.2) is 121 Å². The van der Waals surface area contributed by atoms with Gasteiger partial charge >= 0.3 is 0 Å². The molecule has 2 heterocycles. The zero-order valence-electron chi connectivity index (χ0n) is 25.5. The molecule has 1 N–H and O–H groups in total. The Morgan fingerprint density at radius 1 is 0.568 bits per heavy atom. The number of aromatic hydroxyl groups is 1. The van der Waals surface area contributed by atoms with E-state index >= 15 is 0 Å². The van der Waals surface area contributed by atoms with E-state index in [4.69, 9.17) is 9.97 Å². The molecule has 0 radical (unpaired) electrons. The number of phenolic OH excluding ortho intramolecular Hbond substituents is 1.